The standard InChI is InChI=1S/C27H33B3N6O3/c1-35-25(26(33-34-35)27(28,29)30)18-11-20-23(32-12-18)22-19(14-39-15-37)31-13-21(22)36(20)24(16-5-3-2-4-6-16)17-7-9-38-10-8-17/h2-6,11-13,17,21,24,37H,7-10,14-15,28-30H2,1H3/t21?,24-/m1/s1. The van der Waals surface area contributed by atoms with Crippen LogP contribution in [0.5, 0.6) is 0 Å². The molecule has 0 aliphatic carbocycles. The van der Waals surface area contributed by atoms with Gasteiger partial charge in [0.25, 0.3) is 0 Å². The van der Waals surface area contributed by atoms with Crippen LogP contribution in [0.1, 0.15) is 35.8 Å². The van der Waals surface area contributed by atoms with Crippen LogP contribution in [0.25, 0.3) is 16.8 Å². The molecule has 2 atom stereocenters. The number of anilines is 1. The van der Waals surface area contributed by atoms with E-state index in [1.807, 2.05) is 24.1 Å². The van der Waals surface area contributed by atoms with Crippen LogP contribution in [0.15, 0.2) is 53.3 Å². The Bertz CT molecular complexity index is 1420. The second kappa shape index (κ2) is 10.4. The zero-order valence-electron chi connectivity index (χ0n) is 23.0. The molecule has 1 fully saturated rings. The molecule has 1 unspecified atom stereocenters. The molecule has 39 heavy (non-hydrogen) atoms. The summed E-state index contributed by atoms with van der Waals surface area (Å²) in [6.45, 7) is 1.42. The van der Waals surface area contributed by atoms with Crippen molar-refractivity contribution < 1.29 is 14.6 Å². The number of aliphatic hydroxyl groups is 1. The Kier molecular flexibility index (Phi) is 6.95. The summed E-state index contributed by atoms with van der Waals surface area (Å²) in [7, 11) is 8.40. The maximum Gasteiger partial charge on any atom is 0.144 e. The topological polar surface area (TPSA) is 97.9 Å². The molecule has 3 aliphatic rings. The van der Waals surface area contributed by atoms with Crippen LogP contribution in [-0.4, -0.2) is 87.5 Å². The molecule has 1 N–H and O–H groups in total. The average Bonchev–Trinajstić information content (AvgIpc) is 3.62. The first-order valence-electron chi connectivity index (χ1n) is 13.7. The molecule has 9 nitrogen and oxygen atoms in total. The number of aromatic nitrogens is 4. The smallest absolute Gasteiger partial charge is 0.144 e. The second-order valence-corrected chi connectivity index (χ2v) is 11.5. The Balaban J connectivity index is 1.54. The summed E-state index contributed by atoms with van der Waals surface area (Å²) in [5.41, 5.74) is 8.03. The molecule has 12 heteroatoms. The Morgan fingerprint density at radius 3 is 2.67 bits per heavy atom. The maximum absolute atomic E-state index is 9.33. The predicted molar refractivity (Wildman–Crippen MR) is 159 cm³/mol. The van der Waals surface area contributed by atoms with Crippen molar-refractivity contribution in [1.82, 2.24) is 20.0 Å². The van der Waals surface area contributed by atoms with E-state index in [-0.39, 0.29) is 30.6 Å². The fourth-order valence-electron chi connectivity index (χ4n) is 6.21. The van der Waals surface area contributed by atoms with Gasteiger partial charge >= 0.3 is 0 Å². The number of rotatable bonds is 8. The number of aliphatic hydroxyl groups excluding tert-OH is 1. The second-order valence-electron chi connectivity index (χ2n) is 11.5. The van der Waals surface area contributed by atoms with Gasteiger partial charge in [-0.15, -0.1) is 5.10 Å². The van der Waals surface area contributed by atoms with Crippen molar-refractivity contribution in [1.29, 1.82) is 0 Å². The summed E-state index contributed by atoms with van der Waals surface area (Å²) in [6.07, 6.45) is 5.91. The van der Waals surface area contributed by atoms with Crippen molar-refractivity contribution in [2.24, 2.45) is 18.0 Å². The van der Waals surface area contributed by atoms with Crippen LogP contribution in [0.2, 0.25) is 0 Å². The highest BCUT2D eigenvalue weighted by Crippen LogP contribution is 2.51. The van der Waals surface area contributed by atoms with Crippen molar-refractivity contribution in [3.8, 4) is 11.3 Å². The SMILES string of the molecule is BC(B)(B)c1nnn(C)c1-c1cnc2c(c1)N([C@H](c1ccccc1)C1CCOCC1)C1C=NC(COCO)=C21. The van der Waals surface area contributed by atoms with Crippen LogP contribution >= 0.6 is 0 Å². The molecule has 0 saturated carbocycles. The van der Waals surface area contributed by atoms with Gasteiger partial charge in [-0.2, -0.15) is 0 Å². The van der Waals surface area contributed by atoms with Crippen LogP contribution in [0, 0.1) is 5.92 Å². The zero-order chi connectivity index (χ0) is 27.1. The van der Waals surface area contributed by atoms with E-state index in [2.05, 4.69) is 75.1 Å². The van der Waals surface area contributed by atoms with E-state index in [0.29, 0.717) is 5.92 Å². The molecule has 1 saturated heterocycles. The Morgan fingerprint density at radius 2 is 1.95 bits per heavy atom. The van der Waals surface area contributed by atoms with Crippen LogP contribution in [0.4, 0.5) is 5.69 Å². The maximum atomic E-state index is 9.33. The van der Waals surface area contributed by atoms with Gasteiger partial charge in [0, 0.05) is 43.8 Å². The highest BCUT2D eigenvalue weighted by atomic mass is 16.6. The van der Waals surface area contributed by atoms with E-state index in [1.54, 1.807) is 0 Å². The number of aryl methyl sites for hydroxylation is 1. The van der Waals surface area contributed by atoms with Gasteiger partial charge in [0.05, 0.1) is 70.7 Å². The monoisotopic (exact) mass is 522 g/mol. The van der Waals surface area contributed by atoms with Crippen molar-refractivity contribution in [3.63, 3.8) is 0 Å². The van der Waals surface area contributed by atoms with Gasteiger partial charge in [-0.3, -0.25) is 9.98 Å². The first kappa shape index (κ1) is 26.0. The first-order chi connectivity index (χ1) is 18.9. The lowest BCUT2D eigenvalue weighted by Crippen LogP contribution is -2.41. The predicted octanol–water partition coefficient (Wildman–Crippen LogP) is 0.00510. The third-order valence-electron chi connectivity index (χ3n) is 7.97. The Morgan fingerprint density at radius 1 is 1.18 bits per heavy atom. The molecular formula is C27H33B3N6O3. The summed E-state index contributed by atoms with van der Waals surface area (Å²) in [5.74, 6) is 0.409. The molecule has 198 valence electrons. The molecule has 0 bridgehead atoms. The summed E-state index contributed by atoms with van der Waals surface area (Å²) >= 11 is 0. The van der Waals surface area contributed by atoms with Gasteiger partial charge in [-0.25, -0.2) is 4.68 Å². The van der Waals surface area contributed by atoms with E-state index >= 15 is 0 Å². The average molecular weight is 522 g/mol. The van der Waals surface area contributed by atoms with Gasteiger partial charge in [0.2, 0.25) is 0 Å². The number of hydrogen-bond donors (Lipinski definition) is 1. The van der Waals surface area contributed by atoms with Crippen molar-refractivity contribution >= 4 is 41.0 Å². The normalized spacial score (nSPS) is 19.9. The molecule has 0 amide bonds. The van der Waals surface area contributed by atoms with E-state index in [4.69, 9.17) is 19.5 Å². The molecule has 0 spiro atoms. The molecule has 0 radical (unpaired) electrons. The number of aliphatic imine (C=N–C) groups is 1. The van der Waals surface area contributed by atoms with Crippen LogP contribution in [-0.2, 0) is 21.6 Å². The molecule has 1 aromatic carbocycles. The van der Waals surface area contributed by atoms with Crippen LogP contribution in [0.3, 0.4) is 0 Å². The number of ether oxygens (including phenoxy) is 2. The van der Waals surface area contributed by atoms with Gasteiger partial charge in [-0.1, -0.05) is 40.7 Å². The fraction of sp³-hybridized carbons (Fsp3) is 0.407. The van der Waals surface area contributed by atoms with Gasteiger partial charge in [0.15, 0.2) is 0 Å². The summed E-state index contributed by atoms with van der Waals surface area (Å²) < 4.78 is 13.0. The minimum Gasteiger partial charge on any atom is -0.381 e. The minimum atomic E-state index is -0.350. The third kappa shape index (κ3) is 4.64. The summed E-state index contributed by atoms with van der Waals surface area (Å²) in [5, 5.41) is 18.1. The zero-order valence-corrected chi connectivity index (χ0v) is 23.0. The number of pyridine rings is 1. The van der Waals surface area contributed by atoms with E-state index < -0.39 is 0 Å². The summed E-state index contributed by atoms with van der Waals surface area (Å²) in [4.78, 5) is 12.3. The molecule has 5 heterocycles. The number of nitrogens with zero attached hydrogens (tertiary/aromatic N) is 6. The third-order valence-corrected chi connectivity index (χ3v) is 7.97. The van der Waals surface area contributed by atoms with Crippen LogP contribution < -0.4 is 4.90 Å². The van der Waals surface area contributed by atoms with Gasteiger partial charge < -0.3 is 19.5 Å². The first-order valence-corrected chi connectivity index (χ1v) is 13.7. The number of fused-ring (bicyclic) bond motifs is 3. The Labute approximate surface area is 231 Å². The van der Waals surface area contributed by atoms with Crippen molar-refractivity contribution in [3.05, 3.63) is 65.2 Å². The largest absolute Gasteiger partial charge is 0.381 e. The van der Waals surface area contributed by atoms with E-state index in [1.165, 1.54) is 5.56 Å². The van der Waals surface area contributed by atoms with E-state index in [0.717, 1.165) is 65.7 Å². The lowest BCUT2D eigenvalue weighted by atomic mass is 9.41. The highest BCUT2D eigenvalue weighted by Gasteiger charge is 2.45. The molecule has 2 aromatic heterocycles. The van der Waals surface area contributed by atoms with E-state index in [9.17, 15) is 5.11 Å². The summed E-state index contributed by atoms with van der Waals surface area (Å²) in [6, 6.07) is 13.0. The minimum absolute atomic E-state index is 0.0696. The highest BCUT2D eigenvalue weighted by molar-refractivity contribution is 6.59. The van der Waals surface area contributed by atoms with Gasteiger partial charge in [0.1, 0.15) is 6.79 Å². The lowest BCUT2D eigenvalue weighted by molar-refractivity contribution is 0.0100. The molecule has 3 aliphatic heterocycles. The van der Waals surface area contributed by atoms with Gasteiger partial charge in [-0.05, 0) is 30.4 Å². The molecular weight excluding hydrogens is 489 g/mol. The molecule has 6 rings (SSSR count). The number of benzene rings is 1. The number of hydrogen-bond acceptors (Lipinski definition) is 8. The fourth-order valence-corrected chi connectivity index (χ4v) is 6.21. The lowest BCUT2D eigenvalue weighted by Gasteiger charge is -2.40. The Hall–Kier alpha value is -3.21. The van der Waals surface area contributed by atoms with Crippen molar-refractivity contribution in [2.75, 3.05) is 31.5 Å². The quantitative estimate of drug-likeness (QED) is 0.329. The van der Waals surface area contributed by atoms with Crippen molar-refractivity contribution in [2.45, 2.75) is 30.0 Å². The molecule has 3 aromatic rings.